The van der Waals surface area contributed by atoms with Crippen LogP contribution in [0.15, 0.2) is 48.8 Å². The molecule has 3 rings (SSSR count). The van der Waals surface area contributed by atoms with Gasteiger partial charge in [0.15, 0.2) is 0 Å². The highest BCUT2D eigenvalue weighted by Gasteiger charge is 2.11. The summed E-state index contributed by atoms with van der Waals surface area (Å²) >= 11 is 0. The van der Waals surface area contributed by atoms with E-state index < -0.39 is 5.91 Å². The molecule has 2 heterocycles. The quantitative estimate of drug-likeness (QED) is 0.689. The van der Waals surface area contributed by atoms with Gasteiger partial charge in [0.05, 0.1) is 5.69 Å². The molecule has 0 spiro atoms. The van der Waals surface area contributed by atoms with E-state index >= 15 is 0 Å². The molecular weight excluding hydrogens is 278 g/mol. The summed E-state index contributed by atoms with van der Waals surface area (Å²) in [4.78, 5) is 22.8. The van der Waals surface area contributed by atoms with Gasteiger partial charge >= 0.3 is 0 Å². The summed E-state index contributed by atoms with van der Waals surface area (Å²) in [6.45, 7) is 1.92. The topological polar surface area (TPSA) is 96.7 Å². The van der Waals surface area contributed by atoms with Crippen molar-refractivity contribution in [1.29, 1.82) is 0 Å². The number of rotatable bonds is 4. The van der Waals surface area contributed by atoms with E-state index in [0.29, 0.717) is 11.6 Å². The van der Waals surface area contributed by atoms with Crippen molar-refractivity contribution < 1.29 is 4.79 Å². The summed E-state index contributed by atoms with van der Waals surface area (Å²) in [6.07, 6.45) is 3.45. The van der Waals surface area contributed by atoms with Crippen molar-refractivity contribution in [2.45, 2.75) is 6.92 Å². The zero-order valence-corrected chi connectivity index (χ0v) is 12.0. The Morgan fingerprint density at radius 3 is 2.73 bits per heavy atom. The standard InChI is InChI=1S/C16H15N5O/c1-10-8-19-16(20-12-5-3-2-4-6-12)21-14(10)11-7-13(15(17)22)18-9-11/h2-9,18H,1H3,(H2,17,22)(H,19,20,21). The highest BCUT2D eigenvalue weighted by atomic mass is 16.1. The molecule has 0 aliphatic rings. The molecular formula is C16H15N5O. The van der Waals surface area contributed by atoms with Gasteiger partial charge in [-0.3, -0.25) is 4.79 Å². The molecule has 110 valence electrons. The minimum Gasteiger partial charge on any atom is -0.364 e. The van der Waals surface area contributed by atoms with Gasteiger partial charge in [0, 0.05) is 23.6 Å². The van der Waals surface area contributed by atoms with E-state index in [1.165, 1.54) is 0 Å². The van der Waals surface area contributed by atoms with Gasteiger partial charge in [-0.15, -0.1) is 0 Å². The number of aryl methyl sites for hydroxylation is 1. The number of hydrogen-bond acceptors (Lipinski definition) is 4. The fourth-order valence-electron chi connectivity index (χ4n) is 2.12. The van der Waals surface area contributed by atoms with Crippen molar-refractivity contribution in [3.05, 3.63) is 60.0 Å². The number of H-pyrrole nitrogens is 1. The minimum absolute atomic E-state index is 0.352. The maximum atomic E-state index is 11.2. The lowest BCUT2D eigenvalue weighted by Gasteiger charge is -2.07. The van der Waals surface area contributed by atoms with Gasteiger partial charge in [-0.1, -0.05) is 18.2 Å². The molecule has 3 aromatic rings. The summed E-state index contributed by atoms with van der Waals surface area (Å²) in [5, 5.41) is 3.15. The van der Waals surface area contributed by atoms with E-state index in [4.69, 9.17) is 5.73 Å². The molecule has 1 aromatic carbocycles. The first-order valence-electron chi connectivity index (χ1n) is 6.78. The molecule has 0 fully saturated rings. The van der Waals surface area contributed by atoms with Crippen molar-refractivity contribution in [2.75, 3.05) is 5.32 Å². The lowest BCUT2D eigenvalue weighted by molar-refractivity contribution is 0.0996. The van der Waals surface area contributed by atoms with Gasteiger partial charge in [-0.2, -0.15) is 0 Å². The van der Waals surface area contributed by atoms with E-state index in [-0.39, 0.29) is 0 Å². The third-order valence-electron chi connectivity index (χ3n) is 3.22. The van der Waals surface area contributed by atoms with E-state index in [2.05, 4.69) is 20.3 Å². The van der Waals surface area contributed by atoms with Crippen LogP contribution in [0.2, 0.25) is 0 Å². The number of carbonyl (C=O) groups is 1. The van der Waals surface area contributed by atoms with Crippen LogP contribution < -0.4 is 11.1 Å². The van der Waals surface area contributed by atoms with Crippen LogP contribution in [-0.2, 0) is 0 Å². The fraction of sp³-hybridized carbons (Fsp3) is 0.0625. The average Bonchev–Trinajstić information content (AvgIpc) is 3.00. The molecule has 6 heteroatoms. The number of nitrogens with zero attached hydrogens (tertiary/aromatic N) is 2. The highest BCUT2D eigenvalue weighted by molar-refractivity contribution is 5.92. The molecule has 4 N–H and O–H groups in total. The molecule has 1 amide bonds. The Kier molecular flexibility index (Phi) is 3.57. The fourth-order valence-corrected chi connectivity index (χ4v) is 2.12. The largest absolute Gasteiger partial charge is 0.364 e. The monoisotopic (exact) mass is 293 g/mol. The summed E-state index contributed by atoms with van der Waals surface area (Å²) in [5.41, 5.74) is 8.97. The SMILES string of the molecule is Cc1cnc(Nc2ccccc2)nc1-c1c[nH]c(C(N)=O)c1. The number of nitrogens with two attached hydrogens (primary N) is 1. The third kappa shape index (κ3) is 2.80. The molecule has 0 unspecified atom stereocenters. The highest BCUT2D eigenvalue weighted by Crippen LogP contribution is 2.23. The van der Waals surface area contributed by atoms with Gasteiger partial charge in [0.1, 0.15) is 5.69 Å². The first kappa shape index (κ1) is 13.8. The summed E-state index contributed by atoms with van der Waals surface area (Å²) in [6, 6.07) is 11.4. The smallest absolute Gasteiger partial charge is 0.265 e. The summed E-state index contributed by atoms with van der Waals surface area (Å²) in [7, 11) is 0. The van der Waals surface area contributed by atoms with Crippen LogP contribution in [0.1, 0.15) is 16.1 Å². The number of amides is 1. The van der Waals surface area contributed by atoms with Gasteiger partial charge in [0.2, 0.25) is 5.95 Å². The Morgan fingerprint density at radius 1 is 1.27 bits per heavy atom. The van der Waals surface area contributed by atoms with Gasteiger partial charge in [-0.05, 0) is 30.7 Å². The predicted molar refractivity (Wildman–Crippen MR) is 84.8 cm³/mol. The maximum Gasteiger partial charge on any atom is 0.265 e. The normalized spacial score (nSPS) is 10.4. The Balaban J connectivity index is 1.94. The van der Waals surface area contributed by atoms with Crippen molar-refractivity contribution >= 4 is 17.5 Å². The van der Waals surface area contributed by atoms with Gasteiger partial charge in [0.25, 0.3) is 5.91 Å². The minimum atomic E-state index is -0.499. The zero-order chi connectivity index (χ0) is 15.5. The Bertz CT molecular complexity index is 810. The molecule has 0 aliphatic heterocycles. The van der Waals surface area contributed by atoms with Crippen LogP contribution >= 0.6 is 0 Å². The Hall–Kier alpha value is -3.15. The third-order valence-corrected chi connectivity index (χ3v) is 3.22. The van der Waals surface area contributed by atoms with Crippen LogP contribution in [-0.4, -0.2) is 20.9 Å². The lowest BCUT2D eigenvalue weighted by atomic mass is 10.1. The number of nitrogens with one attached hydrogen (secondary N) is 2. The van der Waals surface area contributed by atoms with Gasteiger partial charge < -0.3 is 16.0 Å². The molecule has 22 heavy (non-hydrogen) atoms. The summed E-state index contributed by atoms with van der Waals surface area (Å²) < 4.78 is 0. The molecule has 0 radical (unpaired) electrons. The van der Waals surface area contributed by atoms with Crippen LogP contribution in [0, 0.1) is 6.92 Å². The number of para-hydroxylation sites is 1. The predicted octanol–water partition coefficient (Wildman–Crippen LogP) is 2.62. The number of anilines is 2. The van der Waals surface area contributed by atoms with E-state index in [0.717, 1.165) is 22.5 Å². The molecule has 0 aliphatic carbocycles. The van der Waals surface area contributed by atoms with Crippen molar-refractivity contribution in [3.8, 4) is 11.3 Å². The molecule has 0 saturated carbocycles. The van der Waals surface area contributed by atoms with Crippen LogP contribution in [0.25, 0.3) is 11.3 Å². The second-order valence-electron chi connectivity index (χ2n) is 4.88. The number of aromatic amines is 1. The van der Waals surface area contributed by atoms with E-state index in [1.54, 1.807) is 18.5 Å². The Morgan fingerprint density at radius 2 is 2.05 bits per heavy atom. The van der Waals surface area contributed by atoms with Crippen molar-refractivity contribution in [3.63, 3.8) is 0 Å². The second kappa shape index (κ2) is 5.69. The number of aromatic nitrogens is 3. The first-order valence-corrected chi connectivity index (χ1v) is 6.78. The summed E-state index contributed by atoms with van der Waals surface area (Å²) in [5.74, 6) is -0.00535. The van der Waals surface area contributed by atoms with Crippen LogP contribution in [0.5, 0.6) is 0 Å². The first-order chi connectivity index (χ1) is 10.6. The number of primary amides is 1. The molecule has 2 aromatic heterocycles. The van der Waals surface area contributed by atoms with Gasteiger partial charge in [-0.25, -0.2) is 9.97 Å². The molecule has 0 atom stereocenters. The number of carbonyl (C=O) groups excluding carboxylic acids is 1. The zero-order valence-electron chi connectivity index (χ0n) is 12.0. The maximum absolute atomic E-state index is 11.2. The second-order valence-corrected chi connectivity index (χ2v) is 4.88. The van der Waals surface area contributed by atoms with Crippen LogP contribution in [0.4, 0.5) is 11.6 Å². The molecule has 0 saturated heterocycles. The Labute approximate surface area is 127 Å². The number of benzene rings is 1. The van der Waals surface area contributed by atoms with Crippen molar-refractivity contribution in [1.82, 2.24) is 15.0 Å². The van der Waals surface area contributed by atoms with Crippen LogP contribution in [0.3, 0.4) is 0 Å². The van der Waals surface area contributed by atoms with Crippen molar-refractivity contribution in [2.24, 2.45) is 5.73 Å². The van der Waals surface area contributed by atoms with E-state index in [9.17, 15) is 4.79 Å². The number of hydrogen-bond donors (Lipinski definition) is 3. The molecule has 6 nitrogen and oxygen atoms in total. The lowest BCUT2D eigenvalue weighted by Crippen LogP contribution is -2.10. The van der Waals surface area contributed by atoms with E-state index in [1.807, 2.05) is 37.3 Å². The molecule has 0 bridgehead atoms. The average molecular weight is 293 g/mol.